The van der Waals surface area contributed by atoms with Crippen LogP contribution in [0.1, 0.15) is 60.8 Å². The Labute approximate surface area is 246 Å². The van der Waals surface area contributed by atoms with Crippen molar-refractivity contribution in [2.75, 3.05) is 0 Å². The lowest BCUT2D eigenvalue weighted by molar-refractivity contribution is 0.620. The van der Waals surface area contributed by atoms with Crippen LogP contribution in [0.15, 0.2) is 96.1 Å². The molecule has 0 radical (unpaired) electrons. The van der Waals surface area contributed by atoms with Crippen LogP contribution in [0.3, 0.4) is 0 Å². The van der Waals surface area contributed by atoms with E-state index in [4.69, 9.17) is 11.5 Å². The molecule has 2 atom stereocenters. The van der Waals surface area contributed by atoms with E-state index in [0.717, 1.165) is 61.6 Å². The lowest BCUT2D eigenvalue weighted by Gasteiger charge is -2.22. The third kappa shape index (κ3) is 4.93. The second-order valence-corrected chi connectivity index (χ2v) is 12.1. The number of hydrogen-bond acceptors (Lipinski definition) is 2. The fourth-order valence-corrected chi connectivity index (χ4v) is 7.42. The predicted molar refractivity (Wildman–Crippen MR) is 169 cm³/mol. The quantitative estimate of drug-likeness (QED) is 0.259. The van der Waals surface area contributed by atoms with Crippen LogP contribution in [0.2, 0.25) is 0 Å². The summed E-state index contributed by atoms with van der Waals surface area (Å²) in [5.74, 6) is -0.381. The normalized spacial score (nSPS) is 20.4. The van der Waals surface area contributed by atoms with Gasteiger partial charge in [-0.1, -0.05) is 60.7 Å². The van der Waals surface area contributed by atoms with Gasteiger partial charge in [-0.05, 0) is 142 Å². The Hall–Kier alpha value is -3.86. The molecule has 212 valence electrons. The van der Waals surface area contributed by atoms with Crippen LogP contribution in [0.5, 0.6) is 0 Å². The second kappa shape index (κ2) is 11.1. The van der Waals surface area contributed by atoms with Crippen molar-refractivity contribution in [2.45, 2.75) is 63.5 Å². The third-order valence-corrected chi connectivity index (χ3v) is 9.53. The zero-order valence-electron chi connectivity index (χ0n) is 23.8. The van der Waals surface area contributed by atoms with Gasteiger partial charge in [0.25, 0.3) is 0 Å². The van der Waals surface area contributed by atoms with Crippen LogP contribution in [0, 0.1) is 11.6 Å². The van der Waals surface area contributed by atoms with E-state index in [1.54, 1.807) is 0 Å². The topological polar surface area (TPSA) is 52.0 Å². The molecule has 4 N–H and O–H groups in total. The van der Waals surface area contributed by atoms with Crippen molar-refractivity contribution in [3.63, 3.8) is 0 Å². The SMILES string of the molecule is NC1CCCC2=C1Cc1cc(-c3ccc(F)cc3)ccc12.NC1CCCC2=C1Cc1cccc(-c3ccc(F)cc3)c12. The molecule has 0 bridgehead atoms. The fourth-order valence-electron chi connectivity index (χ4n) is 7.42. The molecule has 4 heteroatoms. The van der Waals surface area contributed by atoms with E-state index in [9.17, 15) is 8.78 Å². The summed E-state index contributed by atoms with van der Waals surface area (Å²) in [4.78, 5) is 0. The Balaban J connectivity index is 0.000000137. The summed E-state index contributed by atoms with van der Waals surface area (Å²) in [6, 6.07) is 27.0. The van der Waals surface area contributed by atoms with Gasteiger partial charge in [0.05, 0.1) is 0 Å². The number of allylic oxidation sites excluding steroid dienone is 2. The molecule has 0 aliphatic heterocycles. The number of nitrogens with two attached hydrogens (primary N) is 2. The summed E-state index contributed by atoms with van der Waals surface area (Å²) in [5, 5.41) is 0. The Morgan fingerprint density at radius 2 is 1.12 bits per heavy atom. The molecule has 42 heavy (non-hydrogen) atoms. The summed E-state index contributed by atoms with van der Waals surface area (Å²) in [7, 11) is 0. The summed E-state index contributed by atoms with van der Waals surface area (Å²) in [6.07, 6.45) is 8.81. The Morgan fingerprint density at radius 1 is 0.548 bits per heavy atom. The van der Waals surface area contributed by atoms with Crippen LogP contribution in [0.4, 0.5) is 8.78 Å². The Kier molecular flexibility index (Phi) is 7.13. The van der Waals surface area contributed by atoms with E-state index in [-0.39, 0.29) is 23.7 Å². The molecule has 0 saturated heterocycles. The molecule has 0 saturated carbocycles. The van der Waals surface area contributed by atoms with Gasteiger partial charge in [-0.2, -0.15) is 0 Å². The Bertz CT molecular complexity index is 1710. The highest BCUT2D eigenvalue weighted by Crippen LogP contribution is 2.45. The molecular weight excluding hydrogens is 522 g/mol. The van der Waals surface area contributed by atoms with E-state index < -0.39 is 0 Å². The first-order valence-corrected chi connectivity index (χ1v) is 15.2. The van der Waals surface area contributed by atoms with E-state index in [1.807, 2.05) is 24.3 Å². The van der Waals surface area contributed by atoms with E-state index in [0.29, 0.717) is 0 Å². The van der Waals surface area contributed by atoms with Gasteiger partial charge in [-0.15, -0.1) is 0 Å². The molecule has 4 aliphatic rings. The van der Waals surface area contributed by atoms with Gasteiger partial charge in [-0.25, -0.2) is 8.78 Å². The van der Waals surface area contributed by atoms with Crippen molar-refractivity contribution >= 4 is 11.1 Å². The summed E-state index contributed by atoms with van der Waals surface area (Å²) >= 11 is 0. The molecule has 0 aromatic heterocycles. The molecule has 4 aromatic rings. The highest BCUT2D eigenvalue weighted by Gasteiger charge is 2.30. The van der Waals surface area contributed by atoms with Gasteiger partial charge < -0.3 is 11.5 Å². The predicted octanol–water partition coefficient (Wildman–Crippen LogP) is 8.63. The molecule has 0 fully saturated rings. The molecule has 0 amide bonds. The van der Waals surface area contributed by atoms with Gasteiger partial charge in [0.1, 0.15) is 11.6 Å². The standard InChI is InChI=1S/2C19H18FN/c20-14-9-7-12(8-10-14)15-4-1-3-13-11-17-16(19(13)15)5-2-6-18(17)21;20-15-7-4-12(5-8-15)13-6-9-16-14(10-13)11-18-17(16)2-1-3-19(18)21/h1,3-4,7-10,18H,2,5-6,11,21H2;4-10,19H,1-3,11,21H2. The summed E-state index contributed by atoms with van der Waals surface area (Å²) in [5.41, 5.74) is 28.4. The summed E-state index contributed by atoms with van der Waals surface area (Å²) < 4.78 is 26.2. The maximum atomic E-state index is 13.2. The monoisotopic (exact) mass is 558 g/mol. The van der Waals surface area contributed by atoms with Crippen LogP contribution in [0.25, 0.3) is 33.4 Å². The zero-order chi connectivity index (χ0) is 28.8. The van der Waals surface area contributed by atoms with Gasteiger partial charge in [0.2, 0.25) is 0 Å². The highest BCUT2D eigenvalue weighted by molar-refractivity contribution is 5.88. The van der Waals surface area contributed by atoms with Crippen molar-refractivity contribution in [1.82, 2.24) is 0 Å². The molecule has 0 heterocycles. The van der Waals surface area contributed by atoms with E-state index in [2.05, 4.69) is 36.4 Å². The number of hydrogen-bond donors (Lipinski definition) is 2. The van der Waals surface area contributed by atoms with Gasteiger partial charge >= 0.3 is 0 Å². The van der Waals surface area contributed by atoms with Crippen molar-refractivity contribution < 1.29 is 8.78 Å². The average molecular weight is 559 g/mol. The molecule has 4 aromatic carbocycles. The third-order valence-electron chi connectivity index (χ3n) is 9.53. The molecular formula is C38H36F2N2. The summed E-state index contributed by atoms with van der Waals surface area (Å²) in [6.45, 7) is 0. The lowest BCUT2D eigenvalue weighted by atomic mass is 9.86. The largest absolute Gasteiger partial charge is 0.324 e. The van der Waals surface area contributed by atoms with Gasteiger partial charge in [-0.3, -0.25) is 0 Å². The average Bonchev–Trinajstić information content (AvgIpc) is 3.58. The Morgan fingerprint density at radius 3 is 1.81 bits per heavy atom. The lowest BCUT2D eigenvalue weighted by Crippen LogP contribution is -2.25. The first-order valence-electron chi connectivity index (χ1n) is 15.2. The number of halogens is 2. The molecule has 2 unspecified atom stereocenters. The zero-order valence-corrected chi connectivity index (χ0v) is 23.8. The maximum Gasteiger partial charge on any atom is 0.123 e. The first-order chi connectivity index (χ1) is 20.5. The van der Waals surface area contributed by atoms with Crippen molar-refractivity contribution in [3.8, 4) is 22.3 Å². The number of rotatable bonds is 2. The first kappa shape index (κ1) is 27.0. The fraction of sp³-hybridized carbons (Fsp3) is 0.263. The van der Waals surface area contributed by atoms with Crippen LogP contribution >= 0.6 is 0 Å². The van der Waals surface area contributed by atoms with Crippen molar-refractivity contribution in [3.05, 3.63) is 130 Å². The molecule has 0 spiro atoms. The minimum atomic E-state index is -0.192. The minimum absolute atomic E-state index is 0.189. The smallest absolute Gasteiger partial charge is 0.123 e. The highest BCUT2D eigenvalue weighted by atomic mass is 19.1. The van der Waals surface area contributed by atoms with Crippen LogP contribution in [-0.4, -0.2) is 12.1 Å². The molecule has 8 rings (SSSR count). The van der Waals surface area contributed by atoms with E-state index in [1.165, 1.54) is 80.8 Å². The van der Waals surface area contributed by atoms with Crippen LogP contribution < -0.4 is 11.5 Å². The van der Waals surface area contributed by atoms with Gasteiger partial charge in [0, 0.05) is 12.1 Å². The molecule has 4 aliphatic carbocycles. The second-order valence-electron chi connectivity index (χ2n) is 12.1. The van der Waals surface area contributed by atoms with Gasteiger partial charge in [0.15, 0.2) is 0 Å². The van der Waals surface area contributed by atoms with Crippen molar-refractivity contribution in [2.24, 2.45) is 11.5 Å². The number of fused-ring (bicyclic) bond motifs is 4. The number of benzene rings is 4. The minimum Gasteiger partial charge on any atom is -0.324 e. The maximum absolute atomic E-state index is 13.2. The molecule has 2 nitrogen and oxygen atoms in total. The van der Waals surface area contributed by atoms with E-state index >= 15 is 0 Å². The van der Waals surface area contributed by atoms with Crippen molar-refractivity contribution in [1.29, 1.82) is 0 Å². The van der Waals surface area contributed by atoms with Crippen LogP contribution in [-0.2, 0) is 12.8 Å².